The Kier molecular flexibility index (Phi) is 3.47. The molecule has 1 saturated carbocycles. The van der Waals surface area contributed by atoms with Crippen LogP contribution in [0.2, 0.25) is 0 Å². The smallest absolute Gasteiger partial charge is 0.0531 e. The van der Waals surface area contributed by atoms with E-state index in [9.17, 15) is 0 Å². The van der Waals surface area contributed by atoms with E-state index in [-0.39, 0.29) is 0 Å². The molecule has 88 valence electrons. The Morgan fingerprint density at radius 1 is 1.12 bits per heavy atom. The highest BCUT2D eigenvalue weighted by Gasteiger charge is 2.23. The van der Waals surface area contributed by atoms with Gasteiger partial charge in [-0.3, -0.25) is 4.98 Å². The highest BCUT2D eigenvalue weighted by atomic mass is 14.9. The maximum Gasteiger partial charge on any atom is 0.0531 e. The number of aryl methyl sites for hydroxylation is 1. The summed E-state index contributed by atoms with van der Waals surface area (Å²) in [5, 5.41) is 3.62. The second kappa shape index (κ2) is 4.86. The topological polar surface area (TPSA) is 24.9 Å². The predicted molar refractivity (Wildman–Crippen MR) is 68.6 cm³/mol. The van der Waals surface area contributed by atoms with E-state index in [2.05, 4.69) is 37.1 Å². The lowest BCUT2D eigenvalue weighted by molar-refractivity contribution is 0.281. The number of hydrogen-bond acceptors (Lipinski definition) is 2. The fraction of sp³-hybridized carbons (Fsp3) is 0.643. The molecule has 0 amide bonds. The van der Waals surface area contributed by atoms with Crippen LogP contribution in [0.5, 0.6) is 0 Å². The molecule has 0 bridgehead atoms. The van der Waals surface area contributed by atoms with Gasteiger partial charge in [-0.1, -0.05) is 13.8 Å². The fourth-order valence-corrected chi connectivity index (χ4v) is 2.93. The molecule has 0 aliphatic heterocycles. The Balaban J connectivity index is 1.98. The first-order valence-electron chi connectivity index (χ1n) is 6.31. The van der Waals surface area contributed by atoms with Crippen LogP contribution in [0.25, 0.3) is 0 Å². The molecule has 1 fully saturated rings. The van der Waals surface area contributed by atoms with Gasteiger partial charge in [-0.2, -0.15) is 0 Å². The maximum absolute atomic E-state index is 4.23. The van der Waals surface area contributed by atoms with Crippen LogP contribution >= 0.6 is 0 Å². The van der Waals surface area contributed by atoms with Gasteiger partial charge in [0.15, 0.2) is 0 Å². The Hall–Kier alpha value is -1.05. The molecule has 1 aromatic rings. The lowest BCUT2D eigenvalue weighted by atomic mass is 9.80. The molecular formula is C14H22N2. The SMILES string of the molecule is Cc1cncc(NC2CC(C)CC(C)C2)c1. The van der Waals surface area contributed by atoms with Crippen molar-refractivity contribution in [2.75, 3.05) is 5.32 Å². The van der Waals surface area contributed by atoms with E-state index in [4.69, 9.17) is 0 Å². The van der Waals surface area contributed by atoms with E-state index < -0.39 is 0 Å². The molecule has 0 radical (unpaired) electrons. The summed E-state index contributed by atoms with van der Waals surface area (Å²) >= 11 is 0. The van der Waals surface area contributed by atoms with Crippen LogP contribution in [0.15, 0.2) is 18.5 Å². The molecule has 0 saturated heterocycles. The highest BCUT2D eigenvalue weighted by Crippen LogP contribution is 2.30. The summed E-state index contributed by atoms with van der Waals surface area (Å²) in [5.41, 5.74) is 2.40. The van der Waals surface area contributed by atoms with Gasteiger partial charge >= 0.3 is 0 Å². The molecule has 2 unspecified atom stereocenters. The summed E-state index contributed by atoms with van der Waals surface area (Å²) in [6.07, 6.45) is 7.79. The van der Waals surface area contributed by atoms with Crippen LogP contribution in [-0.2, 0) is 0 Å². The van der Waals surface area contributed by atoms with Crippen LogP contribution < -0.4 is 5.32 Å². The first kappa shape index (κ1) is 11.4. The van der Waals surface area contributed by atoms with E-state index in [1.807, 2.05) is 12.4 Å². The van der Waals surface area contributed by atoms with Crippen molar-refractivity contribution in [1.82, 2.24) is 4.98 Å². The second-order valence-electron chi connectivity index (χ2n) is 5.51. The Bertz CT molecular complexity index is 338. The number of rotatable bonds is 2. The molecule has 1 heterocycles. The number of hydrogen-bond donors (Lipinski definition) is 1. The van der Waals surface area contributed by atoms with Crippen molar-refractivity contribution in [2.45, 2.75) is 46.1 Å². The van der Waals surface area contributed by atoms with Crippen LogP contribution in [0, 0.1) is 18.8 Å². The highest BCUT2D eigenvalue weighted by molar-refractivity contribution is 5.43. The zero-order valence-corrected chi connectivity index (χ0v) is 10.5. The van der Waals surface area contributed by atoms with E-state index >= 15 is 0 Å². The van der Waals surface area contributed by atoms with Gasteiger partial charge in [-0.25, -0.2) is 0 Å². The standard InChI is InChI=1S/C14H22N2/c1-10-4-11(2)6-13(5-10)16-14-7-12(3)8-15-9-14/h7-11,13,16H,4-6H2,1-3H3. The van der Waals surface area contributed by atoms with Gasteiger partial charge in [0.25, 0.3) is 0 Å². The van der Waals surface area contributed by atoms with Crippen molar-refractivity contribution in [3.05, 3.63) is 24.0 Å². The van der Waals surface area contributed by atoms with Gasteiger partial charge in [-0.05, 0) is 49.7 Å². The average molecular weight is 218 g/mol. The van der Waals surface area contributed by atoms with Gasteiger partial charge in [0.1, 0.15) is 0 Å². The molecule has 0 spiro atoms. The molecule has 16 heavy (non-hydrogen) atoms. The third kappa shape index (κ3) is 2.97. The Morgan fingerprint density at radius 2 is 1.81 bits per heavy atom. The summed E-state index contributed by atoms with van der Waals surface area (Å²) in [6.45, 7) is 6.81. The zero-order chi connectivity index (χ0) is 11.5. The van der Waals surface area contributed by atoms with Crippen molar-refractivity contribution in [3.8, 4) is 0 Å². The number of nitrogens with zero attached hydrogens (tertiary/aromatic N) is 1. The summed E-state index contributed by atoms with van der Waals surface area (Å²) in [4.78, 5) is 4.23. The molecule has 2 heteroatoms. The molecule has 2 atom stereocenters. The van der Waals surface area contributed by atoms with Gasteiger partial charge in [0.2, 0.25) is 0 Å². The lowest BCUT2D eigenvalue weighted by Crippen LogP contribution is -2.30. The Morgan fingerprint density at radius 3 is 2.44 bits per heavy atom. The third-order valence-electron chi connectivity index (χ3n) is 3.42. The third-order valence-corrected chi connectivity index (χ3v) is 3.42. The predicted octanol–water partition coefficient (Wildman–Crippen LogP) is 3.63. The van der Waals surface area contributed by atoms with Crippen molar-refractivity contribution in [2.24, 2.45) is 11.8 Å². The molecule has 1 N–H and O–H groups in total. The molecule has 1 aliphatic carbocycles. The maximum atomic E-state index is 4.23. The first-order valence-corrected chi connectivity index (χ1v) is 6.31. The molecule has 2 rings (SSSR count). The quantitative estimate of drug-likeness (QED) is 0.820. The molecule has 1 aromatic heterocycles. The van der Waals surface area contributed by atoms with E-state index in [1.54, 1.807) is 0 Å². The summed E-state index contributed by atoms with van der Waals surface area (Å²) < 4.78 is 0. The Labute approximate surface area is 98.5 Å². The fourth-order valence-electron chi connectivity index (χ4n) is 2.93. The van der Waals surface area contributed by atoms with Crippen LogP contribution in [0.4, 0.5) is 5.69 Å². The zero-order valence-electron chi connectivity index (χ0n) is 10.5. The number of anilines is 1. The molecule has 2 nitrogen and oxygen atoms in total. The average Bonchev–Trinajstić information content (AvgIpc) is 2.15. The lowest BCUT2D eigenvalue weighted by Gasteiger charge is -2.32. The minimum absolute atomic E-state index is 0.627. The normalized spacial score (nSPS) is 30.1. The summed E-state index contributed by atoms with van der Waals surface area (Å²) in [6, 6.07) is 2.80. The largest absolute Gasteiger partial charge is 0.381 e. The van der Waals surface area contributed by atoms with E-state index in [1.165, 1.54) is 30.5 Å². The number of pyridine rings is 1. The first-order chi connectivity index (χ1) is 7.63. The van der Waals surface area contributed by atoms with Crippen LogP contribution in [0.3, 0.4) is 0 Å². The summed E-state index contributed by atoms with van der Waals surface area (Å²) in [5.74, 6) is 1.69. The van der Waals surface area contributed by atoms with E-state index in [0.29, 0.717) is 6.04 Å². The minimum Gasteiger partial charge on any atom is -0.381 e. The van der Waals surface area contributed by atoms with Crippen LogP contribution in [0.1, 0.15) is 38.7 Å². The van der Waals surface area contributed by atoms with E-state index in [0.717, 1.165) is 11.8 Å². The van der Waals surface area contributed by atoms with Gasteiger partial charge in [0, 0.05) is 18.4 Å². The molecule has 0 aromatic carbocycles. The second-order valence-corrected chi connectivity index (χ2v) is 5.51. The van der Waals surface area contributed by atoms with Gasteiger partial charge < -0.3 is 5.32 Å². The number of aromatic nitrogens is 1. The van der Waals surface area contributed by atoms with Crippen molar-refractivity contribution >= 4 is 5.69 Å². The molecule has 1 aliphatic rings. The monoisotopic (exact) mass is 218 g/mol. The molecular weight excluding hydrogens is 196 g/mol. The summed E-state index contributed by atoms with van der Waals surface area (Å²) in [7, 11) is 0. The minimum atomic E-state index is 0.627. The van der Waals surface area contributed by atoms with Gasteiger partial charge in [-0.15, -0.1) is 0 Å². The van der Waals surface area contributed by atoms with Crippen molar-refractivity contribution in [1.29, 1.82) is 0 Å². The van der Waals surface area contributed by atoms with Gasteiger partial charge in [0.05, 0.1) is 5.69 Å². The number of nitrogens with one attached hydrogen (secondary N) is 1. The van der Waals surface area contributed by atoms with Crippen molar-refractivity contribution < 1.29 is 0 Å². The van der Waals surface area contributed by atoms with Crippen LogP contribution in [-0.4, -0.2) is 11.0 Å². The van der Waals surface area contributed by atoms with Crippen molar-refractivity contribution in [3.63, 3.8) is 0 Å².